The first-order chi connectivity index (χ1) is 17.2. The van der Waals surface area contributed by atoms with Crippen molar-refractivity contribution in [1.82, 2.24) is 0 Å². The van der Waals surface area contributed by atoms with Crippen LogP contribution in [0.25, 0.3) is 0 Å². The maximum Gasteiger partial charge on any atom is 0.397 e. The molecule has 0 amide bonds. The minimum absolute atomic E-state index is 0.119. The van der Waals surface area contributed by atoms with E-state index in [1.54, 1.807) is 0 Å². The highest BCUT2D eigenvalue weighted by atomic mass is 32.3. The number of carboxylic acid groups (broad SMARTS) is 1. The van der Waals surface area contributed by atoms with Crippen LogP contribution in [-0.2, 0) is 33.6 Å². The Morgan fingerprint density at radius 2 is 1.57 bits per heavy atom. The molecule has 10 atom stereocenters. The van der Waals surface area contributed by atoms with Gasteiger partial charge in [0.15, 0.2) is 18.5 Å². The van der Waals surface area contributed by atoms with Crippen LogP contribution in [0.2, 0.25) is 0 Å². The molecule has 0 unspecified atom stereocenters. The third-order valence-corrected chi connectivity index (χ3v) is 5.86. The number of nitro groups is 1. The molecule has 2 fully saturated rings. The Kier molecular flexibility index (Phi) is 8.97. The van der Waals surface area contributed by atoms with Gasteiger partial charge < -0.3 is 49.6 Å². The number of carbonyl (C=O) groups is 1. The number of carboxylic acids is 1. The van der Waals surface area contributed by atoms with E-state index in [9.17, 15) is 54.0 Å². The summed E-state index contributed by atoms with van der Waals surface area (Å²) in [4.78, 5) is 21.5. The summed E-state index contributed by atoms with van der Waals surface area (Å²) >= 11 is 0. The van der Waals surface area contributed by atoms with Gasteiger partial charge in [-0.05, 0) is 12.1 Å². The van der Waals surface area contributed by atoms with Crippen molar-refractivity contribution < 1.29 is 76.5 Å². The van der Waals surface area contributed by atoms with Gasteiger partial charge in [0.2, 0.25) is 6.29 Å². The van der Waals surface area contributed by atoms with E-state index in [1.807, 2.05) is 0 Å². The molecule has 3 rings (SSSR count). The van der Waals surface area contributed by atoms with E-state index in [4.69, 9.17) is 23.5 Å². The van der Waals surface area contributed by atoms with Gasteiger partial charge in [0.1, 0.15) is 42.4 Å². The van der Waals surface area contributed by atoms with Gasteiger partial charge in [-0.25, -0.2) is 8.98 Å². The lowest BCUT2D eigenvalue weighted by molar-refractivity contribution is -0.384. The Morgan fingerprint density at radius 3 is 2.11 bits per heavy atom. The van der Waals surface area contributed by atoms with Gasteiger partial charge in [-0.15, -0.1) is 0 Å². The minimum Gasteiger partial charge on any atom is -0.479 e. The predicted molar refractivity (Wildman–Crippen MR) is 111 cm³/mol. The largest absolute Gasteiger partial charge is 0.479 e. The van der Waals surface area contributed by atoms with Crippen molar-refractivity contribution in [2.45, 2.75) is 61.4 Å². The van der Waals surface area contributed by atoms with Crippen molar-refractivity contribution in [3.63, 3.8) is 0 Å². The fraction of sp³-hybridized carbons (Fsp3) is 0.611. The summed E-state index contributed by atoms with van der Waals surface area (Å²) in [6, 6.07) is 4.32. The van der Waals surface area contributed by atoms with E-state index in [2.05, 4.69) is 4.18 Å². The van der Waals surface area contributed by atoms with Gasteiger partial charge in [0.05, 0.1) is 11.5 Å². The number of hydrogen-bond acceptors (Lipinski definition) is 15. The Bertz CT molecular complexity index is 1070. The molecule has 1 aromatic rings. The fourth-order valence-corrected chi connectivity index (χ4v) is 3.84. The second kappa shape index (κ2) is 11.4. The number of aliphatic hydroxyl groups excluding tert-OH is 5. The molecule has 2 aliphatic heterocycles. The topological polar surface area (TPSA) is 282 Å². The molecule has 0 saturated carbocycles. The van der Waals surface area contributed by atoms with Crippen LogP contribution in [0.5, 0.6) is 5.75 Å². The zero-order valence-corrected chi connectivity index (χ0v) is 19.2. The third kappa shape index (κ3) is 6.86. The Hall–Kier alpha value is -2.56. The molecule has 0 radical (unpaired) electrons. The lowest BCUT2D eigenvalue weighted by Gasteiger charge is -2.45. The highest BCUT2D eigenvalue weighted by molar-refractivity contribution is 7.80. The molecular formula is C18H23NO17S. The maximum absolute atomic E-state index is 11.3. The molecule has 2 saturated heterocycles. The smallest absolute Gasteiger partial charge is 0.397 e. The average Bonchev–Trinajstić information content (AvgIpc) is 2.82. The molecule has 0 spiro atoms. The lowest BCUT2D eigenvalue weighted by atomic mass is 9.97. The number of aliphatic carboxylic acids is 1. The molecule has 37 heavy (non-hydrogen) atoms. The van der Waals surface area contributed by atoms with Gasteiger partial charge in [-0.1, -0.05) is 0 Å². The van der Waals surface area contributed by atoms with Crippen LogP contribution in [0.3, 0.4) is 0 Å². The van der Waals surface area contributed by atoms with E-state index in [1.165, 1.54) is 0 Å². The third-order valence-electron chi connectivity index (χ3n) is 5.43. The summed E-state index contributed by atoms with van der Waals surface area (Å²) in [6.45, 7) is -1.02. The van der Waals surface area contributed by atoms with Gasteiger partial charge in [-0.3, -0.25) is 14.7 Å². The zero-order valence-electron chi connectivity index (χ0n) is 18.4. The van der Waals surface area contributed by atoms with Crippen molar-refractivity contribution in [3.8, 4) is 5.75 Å². The summed E-state index contributed by atoms with van der Waals surface area (Å²) in [5.41, 5.74) is -0.314. The van der Waals surface area contributed by atoms with E-state index >= 15 is 0 Å². The maximum atomic E-state index is 11.3. The first kappa shape index (κ1) is 29.0. The first-order valence-electron chi connectivity index (χ1n) is 10.3. The highest BCUT2D eigenvalue weighted by Crippen LogP contribution is 2.31. The molecule has 19 heteroatoms. The molecule has 1 aromatic carbocycles. The molecule has 0 bridgehead atoms. The molecule has 2 aliphatic rings. The van der Waals surface area contributed by atoms with Crippen molar-refractivity contribution in [2.75, 3.05) is 6.61 Å². The van der Waals surface area contributed by atoms with Crippen molar-refractivity contribution in [2.24, 2.45) is 0 Å². The number of benzene rings is 1. The van der Waals surface area contributed by atoms with Crippen molar-refractivity contribution >= 4 is 22.1 Å². The van der Waals surface area contributed by atoms with Crippen LogP contribution in [-0.4, -0.2) is 123 Å². The van der Waals surface area contributed by atoms with Crippen LogP contribution in [0.1, 0.15) is 0 Å². The van der Waals surface area contributed by atoms with Crippen LogP contribution >= 0.6 is 0 Å². The summed E-state index contributed by atoms with van der Waals surface area (Å²) in [7, 11) is -4.99. The Balaban J connectivity index is 1.87. The van der Waals surface area contributed by atoms with Crippen LogP contribution in [0.15, 0.2) is 24.3 Å². The second-order valence-corrected chi connectivity index (χ2v) is 9.03. The van der Waals surface area contributed by atoms with E-state index in [-0.39, 0.29) is 11.4 Å². The second-order valence-electron chi connectivity index (χ2n) is 7.94. The van der Waals surface area contributed by atoms with Gasteiger partial charge in [-0.2, -0.15) is 8.42 Å². The van der Waals surface area contributed by atoms with Gasteiger partial charge in [0.25, 0.3) is 5.69 Å². The van der Waals surface area contributed by atoms with Gasteiger partial charge in [0, 0.05) is 12.1 Å². The molecule has 0 aliphatic carbocycles. The van der Waals surface area contributed by atoms with Crippen molar-refractivity contribution in [3.05, 3.63) is 34.4 Å². The van der Waals surface area contributed by atoms with E-state index in [0.717, 1.165) is 24.3 Å². The van der Waals surface area contributed by atoms with Crippen LogP contribution < -0.4 is 4.74 Å². The first-order valence-corrected chi connectivity index (χ1v) is 11.7. The summed E-state index contributed by atoms with van der Waals surface area (Å²) in [5, 5.41) is 71.1. The predicted octanol–water partition coefficient (Wildman–Crippen LogP) is -3.48. The molecule has 208 valence electrons. The number of nitro benzene ring substituents is 1. The summed E-state index contributed by atoms with van der Waals surface area (Å²) in [6.07, 6.45) is -19.6. The highest BCUT2D eigenvalue weighted by Gasteiger charge is 2.53. The fourth-order valence-electron chi connectivity index (χ4n) is 3.54. The number of aliphatic hydroxyl groups is 5. The average molecular weight is 557 g/mol. The lowest BCUT2D eigenvalue weighted by Crippen LogP contribution is -2.65. The van der Waals surface area contributed by atoms with Gasteiger partial charge >= 0.3 is 16.4 Å². The number of ether oxygens (including phenoxy) is 4. The molecule has 7 N–H and O–H groups in total. The van der Waals surface area contributed by atoms with Crippen molar-refractivity contribution in [1.29, 1.82) is 0 Å². The quantitative estimate of drug-likeness (QED) is 0.0881. The number of rotatable bonds is 9. The molecular weight excluding hydrogens is 534 g/mol. The summed E-state index contributed by atoms with van der Waals surface area (Å²) < 4.78 is 56.1. The number of non-ortho nitro benzene ring substituents is 1. The van der Waals surface area contributed by atoms with E-state index < -0.39 is 89.3 Å². The zero-order chi connectivity index (χ0) is 27.7. The standard InChI is InChI=1S/C18H23NO17S/c20-9-8(5-32-37(29,30)31)34-18(33-7-3-1-6(2-4-7)19(27)28)15(11(9)22)36-17-13(24)10(21)12(23)14(35-17)16(25)26/h1-4,8-15,17-18,20-24H,5H2,(H,25,26)(H,29,30,31)/t8-,9-,10+,11+,12+,13-,14+,15-,17+,18-/m1/s1. The molecule has 0 aromatic heterocycles. The Labute approximate surface area is 207 Å². The number of hydrogen-bond donors (Lipinski definition) is 7. The van der Waals surface area contributed by atoms with E-state index in [0.29, 0.717) is 0 Å². The van der Waals surface area contributed by atoms with Crippen LogP contribution in [0.4, 0.5) is 5.69 Å². The minimum atomic E-state index is -4.99. The van der Waals surface area contributed by atoms with Crippen LogP contribution in [0, 0.1) is 10.1 Å². The molecule has 18 nitrogen and oxygen atoms in total. The molecule has 2 heterocycles. The monoisotopic (exact) mass is 557 g/mol. The SMILES string of the molecule is O=C(O)[C@H]1O[C@@H](O[C@H]2[C@H](Oc3ccc([N+](=O)[O-])cc3)O[C@H](COS(=O)(=O)O)[C@@H](O)[C@@H]2O)[C@H](O)[C@@H](O)[C@@H]1O. The Morgan fingerprint density at radius 1 is 0.946 bits per heavy atom. The number of nitrogens with zero attached hydrogens (tertiary/aromatic N) is 1. The normalized spacial score (nSPS) is 36.6. The summed E-state index contributed by atoms with van der Waals surface area (Å²) in [5.74, 6) is -1.85.